The van der Waals surface area contributed by atoms with Crippen LogP contribution in [0.5, 0.6) is 0 Å². The van der Waals surface area contributed by atoms with Gasteiger partial charge in [0.1, 0.15) is 5.25 Å². The van der Waals surface area contributed by atoms with Crippen LogP contribution in [0.15, 0.2) is 24.3 Å². The van der Waals surface area contributed by atoms with Crippen molar-refractivity contribution < 1.29 is 14.8 Å². The normalized spacial score (nSPS) is 12.4. The predicted molar refractivity (Wildman–Crippen MR) is 70.7 cm³/mol. The molecule has 1 rings (SSSR count). The Bertz CT molecular complexity index is 430. The molecule has 1 atom stereocenters. The maximum absolute atomic E-state index is 11.0. The number of nitrogens with zero attached hydrogens (tertiary/aromatic N) is 1. The Kier molecular flexibility index (Phi) is 5.15. The Labute approximate surface area is 109 Å². The summed E-state index contributed by atoms with van der Waals surface area (Å²) in [6.07, 6.45) is 0. The summed E-state index contributed by atoms with van der Waals surface area (Å²) in [7, 11) is 0. The molecule has 0 spiro atoms. The average Bonchev–Trinajstić information content (AvgIpc) is 2.28. The number of aliphatic carboxylic acids is 1. The molecule has 0 bridgehead atoms. The van der Waals surface area contributed by atoms with Crippen LogP contribution in [-0.4, -0.2) is 21.2 Å². The van der Waals surface area contributed by atoms with Crippen molar-refractivity contribution in [2.45, 2.75) is 24.9 Å². The van der Waals surface area contributed by atoms with Crippen molar-refractivity contribution in [3.05, 3.63) is 39.9 Å². The fourth-order valence-electron chi connectivity index (χ4n) is 1.45. The molecule has 5 nitrogen and oxygen atoms in total. The van der Waals surface area contributed by atoms with Gasteiger partial charge in [0.2, 0.25) is 0 Å². The fourth-order valence-corrected chi connectivity index (χ4v) is 2.54. The van der Waals surface area contributed by atoms with E-state index in [1.54, 1.807) is 12.1 Å². The predicted octanol–water partition coefficient (Wildman–Crippen LogP) is 2.94. The molecule has 0 radical (unpaired) electrons. The van der Waals surface area contributed by atoms with E-state index in [9.17, 15) is 14.9 Å². The minimum absolute atomic E-state index is 0.0439. The number of benzene rings is 1. The summed E-state index contributed by atoms with van der Waals surface area (Å²) < 4.78 is 0. The van der Waals surface area contributed by atoms with Gasteiger partial charge in [-0.15, -0.1) is 11.8 Å². The van der Waals surface area contributed by atoms with E-state index >= 15 is 0 Å². The Balaban J connectivity index is 2.62. The van der Waals surface area contributed by atoms with Crippen molar-refractivity contribution in [2.75, 3.05) is 0 Å². The summed E-state index contributed by atoms with van der Waals surface area (Å²) in [4.78, 5) is 21.0. The maximum atomic E-state index is 11.0. The summed E-state index contributed by atoms with van der Waals surface area (Å²) in [6, 6.07) is 6.18. The summed E-state index contributed by atoms with van der Waals surface area (Å²) in [6.45, 7) is 3.73. The zero-order valence-corrected chi connectivity index (χ0v) is 11.0. The fraction of sp³-hybridized carbons (Fsp3) is 0.417. The molecule has 1 N–H and O–H groups in total. The second kappa shape index (κ2) is 6.39. The van der Waals surface area contributed by atoms with Gasteiger partial charge in [-0.3, -0.25) is 14.9 Å². The zero-order valence-electron chi connectivity index (χ0n) is 10.2. The first-order valence-electron chi connectivity index (χ1n) is 5.49. The highest BCUT2D eigenvalue weighted by atomic mass is 32.2. The van der Waals surface area contributed by atoms with Crippen LogP contribution in [0.1, 0.15) is 19.4 Å². The lowest BCUT2D eigenvalue weighted by atomic mass is 10.1. The van der Waals surface area contributed by atoms with Crippen LogP contribution in [0.4, 0.5) is 5.69 Å². The van der Waals surface area contributed by atoms with Crippen LogP contribution in [0.25, 0.3) is 0 Å². The quantitative estimate of drug-likeness (QED) is 0.634. The molecule has 98 valence electrons. The second-order valence-electron chi connectivity index (χ2n) is 4.24. The topological polar surface area (TPSA) is 80.4 Å². The Hall–Kier alpha value is -1.56. The van der Waals surface area contributed by atoms with Gasteiger partial charge < -0.3 is 5.11 Å². The monoisotopic (exact) mass is 269 g/mol. The largest absolute Gasteiger partial charge is 0.480 e. The number of hydrogen-bond donors (Lipinski definition) is 1. The van der Waals surface area contributed by atoms with Gasteiger partial charge in [0.25, 0.3) is 5.69 Å². The molecular weight excluding hydrogens is 254 g/mol. The van der Waals surface area contributed by atoms with Crippen molar-refractivity contribution in [3.8, 4) is 0 Å². The molecule has 0 saturated heterocycles. The van der Waals surface area contributed by atoms with Crippen molar-refractivity contribution >= 4 is 23.4 Å². The molecule has 0 saturated carbocycles. The van der Waals surface area contributed by atoms with E-state index in [4.69, 9.17) is 5.11 Å². The highest BCUT2D eigenvalue weighted by molar-refractivity contribution is 7.99. The van der Waals surface area contributed by atoms with E-state index in [1.807, 2.05) is 13.8 Å². The number of hydrogen-bond acceptors (Lipinski definition) is 4. The molecule has 0 heterocycles. The van der Waals surface area contributed by atoms with E-state index in [0.29, 0.717) is 5.75 Å². The van der Waals surface area contributed by atoms with E-state index in [-0.39, 0.29) is 11.6 Å². The Morgan fingerprint density at radius 1 is 1.39 bits per heavy atom. The van der Waals surface area contributed by atoms with Gasteiger partial charge in [0.15, 0.2) is 0 Å². The van der Waals surface area contributed by atoms with Gasteiger partial charge in [-0.1, -0.05) is 26.0 Å². The average molecular weight is 269 g/mol. The highest BCUT2D eigenvalue weighted by Crippen LogP contribution is 2.24. The molecule has 1 aromatic carbocycles. The lowest BCUT2D eigenvalue weighted by molar-refractivity contribution is -0.384. The van der Waals surface area contributed by atoms with Crippen molar-refractivity contribution in [3.63, 3.8) is 0 Å². The summed E-state index contributed by atoms with van der Waals surface area (Å²) in [5.74, 6) is -0.241. The van der Waals surface area contributed by atoms with E-state index in [1.165, 1.54) is 23.9 Å². The number of carbonyl (C=O) groups is 1. The van der Waals surface area contributed by atoms with Gasteiger partial charge in [0, 0.05) is 17.9 Å². The highest BCUT2D eigenvalue weighted by Gasteiger charge is 2.21. The molecule has 0 aromatic heterocycles. The van der Waals surface area contributed by atoms with E-state index in [0.717, 1.165) is 5.56 Å². The number of thioether (sulfide) groups is 1. The first-order valence-corrected chi connectivity index (χ1v) is 6.54. The van der Waals surface area contributed by atoms with Crippen LogP contribution in [0.2, 0.25) is 0 Å². The van der Waals surface area contributed by atoms with Crippen molar-refractivity contribution in [2.24, 2.45) is 5.92 Å². The number of nitro groups is 1. The van der Waals surface area contributed by atoms with Gasteiger partial charge in [-0.2, -0.15) is 0 Å². The number of carboxylic acids is 1. The number of non-ortho nitro benzene ring substituents is 1. The number of rotatable bonds is 6. The van der Waals surface area contributed by atoms with Crippen LogP contribution in [-0.2, 0) is 10.5 Å². The minimum atomic E-state index is -0.822. The molecule has 6 heteroatoms. The third-order valence-electron chi connectivity index (χ3n) is 2.43. The second-order valence-corrected chi connectivity index (χ2v) is 5.37. The van der Waals surface area contributed by atoms with Crippen molar-refractivity contribution in [1.82, 2.24) is 0 Å². The van der Waals surface area contributed by atoms with Crippen LogP contribution in [0.3, 0.4) is 0 Å². The smallest absolute Gasteiger partial charge is 0.316 e. The molecule has 1 aromatic rings. The third kappa shape index (κ3) is 4.03. The zero-order chi connectivity index (χ0) is 13.7. The number of carboxylic acid groups (broad SMARTS) is 1. The maximum Gasteiger partial charge on any atom is 0.316 e. The van der Waals surface area contributed by atoms with Gasteiger partial charge in [-0.05, 0) is 11.5 Å². The van der Waals surface area contributed by atoms with Crippen LogP contribution >= 0.6 is 11.8 Å². The lowest BCUT2D eigenvalue weighted by Crippen LogP contribution is -2.22. The molecule has 0 aliphatic rings. The Morgan fingerprint density at radius 3 is 2.33 bits per heavy atom. The molecule has 0 aliphatic heterocycles. The van der Waals surface area contributed by atoms with Crippen LogP contribution < -0.4 is 0 Å². The van der Waals surface area contributed by atoms with E-state index in [2.05, 4.69) is 0 Å². The lowest BCUT2D eigenvalue weighted by Gasteiger charge is -2.15. The molecular formula is C12H15NO4S. The molecule has 18 heavy (non-hydrogen) atoms. The first-order chi connectivity index (χ1) is 8.41. The summed E-state index contributed by atoms with van der Waals surface area (Å²) in [5.41, 5.74) is 0.930. The van der Waals surface area contributed by atoms with Gasteiger partial charge in [0.05, 0.1) is 4.92 Å². The van der Waals surface area contributed by atoms with Crippen molar-refractivity contribution in [1.29, 1.82) is 0 Å². The van der Waals surface area contributed by atoms with E-state index < -0.39 is 16.1 Å². The molecule has 0 amide bonds. The third-order valence-corrected chi connectivity index (χ3v) is 4.03. The van der Waals surface area contributed by atoms with Gasteiger partial charge >= 0.3 is 5.97 Å². The van der Waals surface area contributed by atoms with Crippen LogP contribution in [0, 0.1) is 16.0 Å². The SMILES string of the molecule is CC(C)C(SCc1ccc([N+](=O)[O-])cc1)C(=O)O. The molecule has 0 aliphatic carbocycles. The molecule has 0 fully saturated rings. The first kappa shape index (κ1) is 14.5. The standard InChI is InChI=1S/C12H15NO4S/c1-8(2)11(12(14)15)18-7-9-3-5-10(6-4-9)13(16)17/h3-6,8,11H,7H2,1-2H3,(H,14,15). The minimum Gasteiger partial charge on any atom is -0.480 e. The molecule has 1 unspecified atom stereocenters. The summed E-state index contributed by atoms with van der Waals surface area (Å²) in [5, 5.41) is 19.0. The number of nitro benzene ring substituents is 1. The van der Waals surface area contributed by atoms with Gasteiger partial charge in [-0.25, -0.2) is 0 Å². The Morgan fingerprint density at radius 2 is 1.94 bits per heavy atom. The summed E-state index contributed by atoms with van der Waals surface area (Å²) >= 11 is 1.34.